The zero-order chi connectivity index (χ0) is 6.41. The first kappa shape index (κ1) is 7.95. The van der Waals surface area contributed by atoms with Gasteiger partial charge in [0.15, 0.2) is 0 Å². The predicted octanol–water partition coefficient (Wildman–Crippen LogP) is 1.28. The molecule has 0 aliphatic carbocycles. The maximum atomic E-state index is 5.38. The molecular weight excluding hydrogens is 126 g/mol. The van der Waals surface area contributed by atoms with Crippen molar-refractivity contribution in [2.75, 3.05) is 13.2 Å². The molecule has 0 saturated heterocycles. The summed E-state index contributed by atoms with van der Waals surface area (Å²) in [5, 5.41) is 0.554. The van der Waals surface area contributed by atoms with Gasteiger partial charge in [0.1, 0.15) is 0 Å². The van der Waals surface area contributed by atoms with Crippen molar-refractivity contribution in [3.8, 4) is 0 Å². The topological polar surface area (TPSA) is 21.3 Å². The Hall–Kier alpha value is -0.0500. The third-order valence-corrected chi connectivity index (χ3v) is 0.644. The Balaban J connectivity index is 2.82. The zero-order valence-corrected chi connectivity index (χ0v) is 5.66. The Morgan fingerprint density at radius 2 is 2.50 bits per heavy atom. The smallest absolute Gasteiger partial charge is 0.0654 e. The van der Waals surface area contributed by atoms with Gasteiger partial charge in [-0.25, -0.2) is 0 Å². The fourth-order valence-corrected chi connectivity index (χ4v) is 0.286. The highest BCUT2D eigenvalue weighted by Crippen LogP contribution is 1.91. The first-order valence-electron chi connectivity index (χ1n) is 2.45. The molecule has 2 nitrogen and oxygen atoms in total. The van der Waals surface area contributed by atoms with E-state index in [1.807, 2.05) is 6.92 Å². The second kappa shape index (κ2) is 5.09. The van der Waals surface area contributed by atoms with Crippen LogP contribution in [-0.4, -0.2) is 13.2 Å². The van der Waals surface area contributed by atoms with Crippen molar-refractivity contribution in [2.24, 2.45) is 0 Å². The van der Waals surface area contributed by atoms with Gasteiger partial charge in [-0.2, -0.15) is 5.48 Å². The Morgan fingerprint density at radius 1 is 1.88 bits per heavy atom. The van der Waals surface area contributed by atoms with Crippen LogP contribution in [0.15, 0.2) is 11.6 Å². The fourth-order valence-electron chi connectivity index (χ4n) is 0.231. The highest BCUT2D eigenvalue weighted by molar-refractivity contribution is 6.29. The summed E-state index contributed by atoms with van der Waals surface area (Å²) in [6.45, 7) is 6.50. The van der Waals surface area contributed by atoms with E-state index in [2.05, 4.69) is 12.1 Å². The van der Waals surface area contributed by atoms with E-state index in [-0.39, 0.29) is 0 Å². The lowest BCUT2D eigenvalue weighted by molar-refractivity contribution is 0.0582. The van der Waals surface area contributed by atoms with E-state index < -0.39 is 0 Å². The molecule has 0 rings (SSSR count). The van der Waals surface area contributed by atoms with Crippen molar-refractivity contribution < 1.29 is 4.84 Å². The molecule has 0 bridgehead atoms. The second-order valence-corrected chi connectivity index (χ2v) is 1.81. The minimum atomic E-state index is 0.509. The molecule has 0 spiro atoms. The Labute approximate surface area is 54.4 Å². The third-order valence-electron chi connectivity index (χ3n) is 0.510. The summed E-state index contributed by atoms with van der Waals surface area (Å²) >= 11 is 5.38. The molecule has 0 fully saturated rings. The quantitative estimate of drug-likeness (QED) is 0.463. The molecule has 0 amide bonds. The van der Waals surface area contributed by atoms with E-state index >= 15 is 0 Å². The molecule has 48 valence electrons. The maximum absolute atomic E-state index is 5.38. The van der Waals surface area contributed by atoms with Gasteiger partial charge in [-0.05, 0) is 6.92 Å². The van der Waals surface area contributed by atoms with Crippen LogP contribution in [0, 0.1) is 0 Å². The van der Waals surface area contributed by atoms with Gasteiger partial charge in [-0.15, -0.1) is 0 Å². The van der Waals surface area contributed by atoms with Crippen molar-refractivity contribution in [1.82, 2.24) is 5.48 Å². The fraction of sp³-hybridized carbons (Fsp3) is 0.600. The molecule has 0 aromatic rings. The van der Waals surface area contributed by atoms with E-state index in [0.29, 0.717) is 18.2 Å². The third kappa shape index (κ3) is 5.95. The molecule has 0 aliphatic heterocycles. The molecule has 3 heteroatoms. The summed E-state index contributed by atoms with van der Waals surface area (Å²) in [7, 11) is 0. The van der Waals surface area contributed by atoms with Gasteiger partial charge in [-0.3, -0.25) is 0 Å². The first-order chi connectivity index (χ1) is 3.77. The van der Waals surface area contributed by atoms with E-state index in [4.69, 9.17) is 16.4 Å². The lowest BCUT2D eigenvalue weighted by atomic mass is 10.6. The first-order valence-corrected chi connectivity index (χ1v) is 2.83. The summed E-state index contributed by atoms with van der Waals surface area (Å²) in [4.78, 5) is 4.75. The molecule has 0 heterocycles. The molecule has 0 aromatic carbocycles. The molecule has 0 aromatic heterocycles. The van der Waals surface area contributed by atoms with Gasteiger partial charge in [-0.1, -0.05) is 18.2 Å². The predicted molar refractivity (Wildman–Crippen MR) is 34.6 cm³/mol. The SMILES string of the molecule is C=C(Cl)CNOCC. The Bertz CT molecular complexity index is 74.8. The average molecular weight is 136 g/mol. The lowest BCUT2D eigenvalue weighted by Gasteiger charge is -1.98. The number of hydrogen-bond donors (Lipinski definition) is 1. The molecule has 8 heavy (non-hydrogen) atoms. The van der Waals surface area contributed by atoms with Gasteiger partial charge in [0.05, 0.1) is 13.2 Å². The Morgan fingerprint density at radius 3 is 2.88 bits per heavy atom. The van der Waals surface area contributed by atoms with E-state index in [1.165, 1.54) is 0 Å². The van der Waals surface area contributed by atoms with Crippen molar-refractivity contribution in [3.63, 3.8) is 0 Å². The van der Waals surface area contributed by atoms with Crippen molar-refractivity contribution in [3.05, 3.63) is 11.6 Å². The minimum absolute atomic E-state index is 0.509. The van der Waals surface area contributed by atoms with Crippen molar-refractivity contribution >= 4 is 11.6 Å². The van der Waals surface area contributed by atoms with Gasteiger partial charge < -0.3 is 4.84 Å². The van der Waals surface area contributed by atoms with Crippen LogP contribution < -0.4 is 5.48 Å². The monoisotopic (exact) mass is 135 g/mol. The Kier molecular flexibility index (Phi) is 5.06. The van der Waals surface area contributed by atoms with Crippen LogP contribution in [0.25, 0.3) is 0 Å². The molecule has 1 N–H and O–H groups in total. The lowest BCUT2D eigenvalue weighted by Crippen LogP contribution is -2.15. The standard InChI is InChI=1S/C5H10ClNO/c1-3-8-7-4-5(2)6/h7H,2-4H2,1H3. The summed E-state index contributed by atoms with van der Waals surface area (Å²) in [5.74, 6) is 0. The molecule has 0 saturated carbocycles. The van der Waals surface area contributed by atoms with Gasteiger partial charge in [0, 0.05) is 5.03 Å². The number of hydrogen-bond acceptors (Lipinski definition) is 2. The van der Waals surface area contributed by atoms with Crippen LogP contribution in [0.1, 0.15) is 6.92 Å². The molecule has 0 unspecified atom stereocenters. The summed E-state index contributed by atoms with van der Waals surface area (Å²) in [6, 6.07) is 0. The van der Waals surface area contributed by atoms with E-state index in [0.717, 1.165) is 0 Å². The highest BCUT2D eigenvalue weighted by atomic mass is 35.5. The normalized spacial score (nSPS) is 9.25. The molecule has 0 aliphatic rings. The van der Waals surface area contributed by atoms with E-state index in [1.54, 1.807) is 0 Å². The number of nitrogens with one attached hydrogen (secondary N) is 1. The van der Waals surface area contributed by atoms with Crippen LogP contribution in [-0.2, 0) is 4.84 Å². The zero-order valence-electron chi connectivity index (χ0n) is 4.91. The summed E-state index contributed by atoms with van der Waals surface area (Å²) in [6.07, 6.45) is 0. The number of halogens is 1. The molecule has 0 atom stereocenters. The summed E-state index contributed by atoms with van der Waals surface area (Å²) < 4.78 is 0. The van der Waals surface area contributed by atoms with Crippen molar-refractivity contribution in [1.29, 1.82) is 0 Å². The van der Waals surface area contributed by atoms with E-state index in [9.17, 15) is 0 Å². The average Bonchev–Trinajstić information content (AvgIpc) is 1.66. The molecule has 0 radical (unpaired) electrons. The minimum Gasteiger partial charge on any atom is -0.302 e. The largest absolute Gasteiger partial charge is 0.302 e. The number of rotatable bonds is 4. The number of hydroxylamine groups is 1. The van der Waals surface area contributed by atoms with Crippen LogP contribution >= 0.6 is 11.6 Å². The second-order valence-electron chi connectivity index (χ2n) is 1.27. The van der Waals surface area contributed by atoms with Crippen LogP contribution in [0.5, 0.6) is 0 Å². The maximum Gasteiger partial charge on any atom is 0.0654 e. The van der Waals surface area contributed by atoms with Gasteiger partial charge in [0.2, 0.25) is 0 Å². The summed E-state index contributed by atoms with van der Waals surface area (Å²) in [5.41, 5.74) is 2.60. The molecular formula is C5H10ClNO. The van der Waals surface area contributed by atoms with Crippen LogP contribution in [0.2, 0.25) is 0 Å². The van der Waals surface area contributed by atoms with Crippen LogP contribution in [0.3, 0.4) is 0 Å². The highest BCUT2D eigenvalue weighted by Gasteiger charge is 1.83. The van der Waals surface area contributed by atoms with Crippen molar-refractivity contribution in [2.45, 2.75) is 6.92 Å². The van der Waals surface area contributed by atoms with Crippen LogP contribution in [0.4, 0.5) is 0 Å². The van der Waals surface area contributed by atoms with Gasteiger partial charge in [0.25, 0.3) is 0 Å². The van der Waals surface area contributed by atoms with Gasteiger partial charge >= 0.3 is 0 Å².